The van der Waals surface area contributed by atoms with E-state index in [4.69, 9.17) is 5.73 Å². The van der Waals surface area contributed by atoms with Gasteiger partial charge in [0.2, 0.25) is 0 Å². The van der Waals surface area contributed by atoms with Crippen molar-refractivity contribution in [2.24, 2.45) is 11.7 Å². The number of hydrogen-bond acceptors (Lipinski definition) is 5. The van der Waals surface area contributed by atoms with Gasteiger partial charge < -0.3 is 11.1 Å². The number of rotatable bonds is 4. The Balaban J connectivity index is 1.73. The van der Waals surface area contributed by atoms with Crippen LogP contribution in [0.2, 0.25) is 0 Å². The van der Waals surface area contributed by atoms with Crippen LogP contribution in [-0.2, 0) is 0 Å². The van der Waals surface area contributed by atoms with Gasteiger partial charge in [0.05, 0.1) is 5.69 Å². The molecule has 1 saturated carbocycles. The van der Waals surface area contributed by atoms with Gasteiger partial charge >= 0.3 is 0 Å². The molecule has 2 atom stereocenters. The Kier molecular flexibility index (Phi) is 4.43. The second kappa shape index (κ2) is 6.65. The highest BCUT2D eigenvalue weighted by molar-refractivity contribution is 5.94. The van der Waals surface area contributed by atoms with Gasteiger partial charge in [-0.1, -0.05) is 18.9 Å². The molecular weight excluding hydrogens is 280 g/mol. The molecule has 1 amide bonds. The van der Waals surface area contributed by atoms with Gasteiger partial charge in [-0.25, -0.2) is 4.68 Å². The van der Waals surface area contributed by atoms with E-state index in [1.54, 1.807) is 12.1 Å². The Morgan fingerprint density at radius 1 is 1.36 bits per heavy atom. The maximum atomic E-state index is 12.5. The van der Waals surface area contributed by atoms with E-state index in [0.717, 1.165) is 24.9 Å². The average Bonchev–Trinajstić information content (AvgIpc) is 3.10. The summed E-state index contributed by atoms with van der Waals surface area (Å²) < 4.78 is 1.53. The van der Waals surface area contributed by atoms with Crippen molar-refractivity contribution in [3.63, 3.8) is 0 Å². The van der Waals surface area contributed by atoms with Gasteiger partial charge in [0, 0.05) is 11.6 Å². The zero-order valence-corrected chi connectivity index (χ0v) is 12.4. The van der Waals surface area contributed by atoms with Crippen molar-refractivity contribution in [1.29, 1.82) is 0 Å². The molecule has 1 aliphatic carbocycles. The number of carbonyl (C=O) groups is 1. The van der Waals surface area contributed by atoms with Gasteiger partial charge in [-0.05, 0) is 53.9 Å². The second-order valence-electron chi connectivity index (χ2n) is 5.66. The second-order valence-corrected chi connectivity index (χ2v) is 5.66. The molecule has 1 aromatic carbocycles. The van der Waals surface area contributed by atoms with Crippen LogP contribution in [0.25, 0.3) is 5.69 Å². The minimum Gasteiger partial charge on any atom is -0.349 e. The van der Waals surface area contributed by atoms with E-state index in [1.165, 1.54) is 17.4 Å². The smallest absolute Gasteiger partial charge is 0.251 e. The lowest BCUT2D eigenvalue weighted by Gasteiger charge is -2.31. The van der Waals surface area contributed by atoms with E-state index in [9.17, 15) is 4.79 Å². The van der Waals surface area contributed by atoms with E-state index >= 15 is 0 Å². The number of benzene rings is 1. The molecule has 1 aliphatic rings. The summed E-state index contributed by atoms with van der Waals surface area (Å²) in [5.41, 5.74) is 7.19. The Bertz CT molecular complexity index is 627. The van der Waals surface area contributed by atoms with Crippen LogP contribution in [0.1, 0.15) is 36.0 Å². The maximum absolute atomic E-state index is 12.5. The third-order valence-corrected chi connectivity index (χ3v) is 4.25. The summed E-state index contributed by atoms with van der Waals surface area (Å²) in [7, 11) is 0. The molecule has 3 N–H and O–H groups in total. The van der Waals surface area contributed by atoms with Crippen LogP contribution in [0.4, 0.5) is 0 Å². The molecule has 1 aromatic heterocycles. The van der Waals surface area contributed by atoms with E-state index in [0.29, 0.717) is 18.0 Å². The molecule has 22 heavy (non-hydrogen) atoms. The monoisotopic (exact) mass is 300 g/mol. The number of amides is 1. The van der Waals surface area contributed by atoms with Crippen molar-refractivity contribution in [3.8, 4) is 5.69 Å². The number of tetrazole rings is 1. The fraction of sp³-hybridized carbons (Fsp3) is 0.467. The van der Waals surface area contributed by atoms with Crippen molar-refractivity contribution >= 4 is 5.91 Å². The molecule has 116 valence electrons. The lowest BCUT2D eigenvalue weighted by atomic mass is 9.84. The predicted octanol–water partition coefficient (Wildman–Crippen LogP) is 0.910. The summed E-state index contributed by atoms with van der Waals surface area (Å²) in [4.78, 5) is 12.5. The number of carbonyl (C=O) groups excluding carboxylic acids is 1. The Morgan fingerprint density at radius 3 is 3.00 bits per heavy atom. The number of nitrogens with two attached hydrogens (primary N) is 1. The molecule has 0 saturated heterocycles. The molecule has 1 fully saturated rings. The van der Waals surface area contributed by atoms with Crippen LogP contribution in [0.3, 0.4) is 0 Å². The lowest BCUT2D eigenvalue weighted by Crippen LogP contribution is -2.44. The van der Waals surface area contributed by atoms with Crippen LogP contribution in [0.5, 0.6) is 0 Å². The number of nitrogens with zero attached hydrogens (tertiary/aromatic N) is 4. The van der Waals surface area contributed by atoms with E-state index in [-0.39, 0.29) is 11.9 Å². The highest BCUT2D eigenvalue weighted by Gasteiger charge is 2.25. The zero-order chi connectivity index (χ0) is 15.4. The zero-order valence-electron chi connectivity index (χ0n) is 12.4. The number of hydrogen-bond donors (Lipinski definition) is 2. The van der Waals surface area contributed by atoms with Gasteiger partial charge in [-0.2, -0.15) is 0 Å². The summed E-state index contributed by atoms with van der Waals surface area (Å²) in [5, 5.41) is 14.2. The normalized spacial score (nSPS) is 21.5. The molecule has 7 nitrogen and oxygen atoms in total. The first-order valence-electron chi connectivity index (χ1n) is 7.62. The molecule has 0 bridgehead atoms. The summed E-state index contributed by atoms with van der Waals surface area (Å²) in [6.45, 7) is 0.621. The summed E-state index contributed by atoms with van der Waals surface area (Å²) >= 11 is 0. The SMILES string of the molecule is NCC1CCCCC1NC(=O)c1cccc(-n2cnnn2)c1. The first-order valence-corrected chi connectivity index (χ1v) is 7.62. The largest absolute Gasteiger partial charge is 0.349 e. The molecule has 7 heteroatoms. The third-order valence-electron chi connectivity index (χ3n) is 4.25. The van der Waals surface area contributed by atoms with Gasteiger partial charge in [-0.3, -0.25) is 4.79 Å². The van der Waals surface area contributed by atoms with Gasteiger partial charge in [-0.15, -0.1) is 5.10 Å². The summed E-state index contributed by atoms with van der Waals surface area (Å²) in [5.74, 6) is 0.306. The topological polar surface area (TPSA) is 98.7 Å². The number of aromatic nitrogens is 4. The highest BCUT2D eigenvalue weighted by atomic mass is 16.1. The molecule has 0 aliphatic heterocycles. The van der Waals surface area contributed by atoms with Gasteiger partial charge in [0.1, 0.15) is 6.33 Å². The van der Waals surface area contributed by atoms with Gasteiger partial charge in [0.15, 0.2) is 0 Å². The van der Waals surface area contributed by atoms with Crippen molar-refractivity contribution in [2.45, 2.75) is 31.7 Å². The summed E-state index contributed by atoms with van der Waals surface area (Å²) in [6, 6.07) is 7.43. The van der Waals surface area contributed by atoms with Gasteiger partial charge in [0.25, 0.3) is 5.91 Å². The summed E-state index contributed by atoms with van der Waals surface area (Å²) in [6.07, 6.45) is 5.93. The molecule has 0 spiro atoms. The fourth-order valence-electron chi connectivity index (χ4n) is 3.00. The Labute approximate surface area is 128 Å². The van der Waals surface area contributed by atoms with Crippen molar-refractivity contribution < 1.29 is 4.79 Å². The van der Waals surface area contributed by atoms with E-state index in [2.05, 4.69) is 20.8 Å². The minimum atomic E-state index is -0.0692. The number of nitrogens with one attached hydrogen (secondary N) is 1. The molecule has 3 rings (SSSR count). The first kappa shape index (κ1) is 14.6. The molecule has 1 heterocycles. The Morgan fingerprint density at radius 2 is 2.23 bits per heavy atom. The minimum absolute atomic E-state index is 0.0692. The average molecular weight is 300 g/mol. The quantitative estimate of drug-likeness (QED) is 0.874. The van der Waals surface area contributed by atoms with Crippen LogP contribution in [-0.4, -0.2) is 38.7 Å². The van der Waals surface area contributed by atoms with Crippen molar-refractivity contribution in [1.82, 2.24) is 25.5 Å². The van der Waals surface area contributed by atoms with Crippen LogP contribution in [0, 0.1) is 5.92 Å². The Hall–Kier alpha value is -2.28. The maximum Gasteiger partial charge on any atom is 0.251 e. The standard InChI is InChI=1S/C15H20N6O/c16-9-12-4-1-2-7-14(12)18-15(22)11-5-3-6-13(8-11)21-10-17-19-20-21/h3,5-6,8,10,12,14H,1-2,4,7,9,16H2,(H,18,22). The van der Waals surface area contributed by atoms with E-state index in [1.807, 2.05) is 12.1 Å². The predicted molar refractivity (Wildman–Crippen MR) is 81.4 cm³/mol. The highest BCUT2D eigenvalue weighted by Crippen LogP contribution is 2.24. The van der Waals surface area contributed by atoms with E-state index < -0.39 is 0 Å². The molecule has 2 unspecified atom stereocenters. The third kappa shape index (κ3) is 3.14. The van der Waals surface area contributed by atoms with Crippen molar-refractivity contribution in [2.75, 3.05) is 6.54 Å². The van der Waals surface area contributed by atoms with Crippen LogP contribution >= 0.6 is 0 Å². The van der Waals surface area contributed by atoms with Crippen molar-refractivity contribution in [3.05, 3.63) is 36.2 Å². The van der Waals surface area contributed by atoms with Crippen LogP contribution < -0.4 is 11.1 Å². The fourth-order valence-corrected chi connectivity index (χ4v) is 3.00. The molecule has 2 aromatic rings. The first-order chi connectivity index (χ1) is 10.8. The molecule has 0 radical (unpaired) electrons. The van der Waals surface area contributed by atoms with Crippen LogP contribution in [0.15, 0.2) is 30.6 Å². The molecular formula is C15H20N6O. The lowest BCUT2D eigenvalue weighted by molar-refractivity contribution is 0.0908.